The van der Waals surface area contributed by atoms with Crippen LogP contribution in [0.2, 0.25) is 0 Å². The number of benzene rings is 1. The molecule has 124 valence electrons. The molecule has 0 atom stereocenters. The molecule has 0 aliphatic carbocycles. The van der Waals surface area contributed by atoms with Crippen LogP contribution in [0.15, 0.2) is 24.3 Å². The average Bonchev–Trinajstić information content (AvgIpc) is 2.76. The fraction of sp³-hybridized carbons (Fsp3) is 0.444. The van der Waals surface area contributed by atoms with Crippen molar-refractivity contribution < 1.29 is 14.3 Å². The molecule has 1 aromatic heterocycles. The number of para-hydroxylation sites is 1. The minimum absolute atomic E-state index is 0.109. The van der Waals surface area contributed by atoms with Crippen LogP contribution in [0.5, 0.6) is 0 Å². The second-order valence-corrected chi connectivity index (χ2v) is 6.92. The largest absolute Gasteiger partial charge is 0.478 e. The second kappa shape index (κ2) is 6.52. The molecule has 0 spiro atoms. The van der Waals surface area contributed by atoms with E-state index in [-0.39, 0.29) is 11.0 Å². The fourth-order valence-electron chi connectivity index (χ4n) is 2.67. The zero-order valence-electron chi connectivity index (χ0n) is 14.1. The van der Waals surface area contributed by atoms with Gasteiger partial charge in [-0.15, -0.1) is 0 Å². The van der Waals surface area contributed by atoms with Crippen LogP contribution in [-0.4, -0.2) is 20.9 Å². The summed E-state index contributed by atoms with van der Waals surface area (Å²) in [4.78, 5) is 11.8. The molecule has 0 radical (unpaired) electrons. The van der Waals surface area contributed by atoms with Crippen LogP contribution in [0.25, 0.3) is 5.69 Å². The van der Waals surface area contributed by atoms with Crippen molar-refractivity contribution in [3.8, 4) is 5.69 Å². The highest BCUT2D eigenvalue weighted by Crippen LogP contribution is 2.27. The van der Waals surface area contributed by atoms with Crippen LogP contribution in [-0.2, 0) is 12.8 Å². The van der Waals surface area contributed by atoms with Crippen LogP contribution in [0.3, 0.4) is 0 Å². The van der Waals surface area contributed by atoms with Gasteiger partial charge in [-0.1, -0.05) is 46.2 Å². The summed E-state index contributed by atoms with van der Waals surface area (Å²) in [5.41, 5.74) is 1.46. The van der Waals surface area contributed by atoms with E-state index in [0.29, 0.717) is 29.9 Å². The van der Waals surface area contributed by atoms with Crippen molar-refractivity contribution in [2.75, 3.05) is 0 Å². The summed E-state index contributed by atoms with van der Waals surface area (Å²) in [6, 6.07) is 6.31. The summed E-state index contributed by atoms with van der Waals surface area (Å²) in [6.07, 6.45) is 1.81. The van der Waals surface area contributed by atoms with E-state index in [0.717, 1.165) is 6.42 Å². The topological polar surface area (TPSA) is 55.1 Å². The summed E-state index contributed by atoms with van der Waals surface area (Å²) >= 11 is 0. The lowest BCUT2D eigenvalue weighted by Crippen LogP contribution is -2.13. The Balaban J connectivity index is 2.69. The molecule has 0 bridgehead atoms. The monoisotopic (exact) mass is 318 g/mol. The number of halogens is 1. The van der Waals surface area contributed by atoms with Crippen molar-refractivity contribution >= 4 is 5.97 Å². The van der Waals surface area contributed by atoms with E-state index in [9.17, 15) is 14.3 Å². The third kappa shape index (κ3) is 3.78. The van der Waals surface area contributed by atoms with Gasteiger partial charge < -0.3 is 5.11 Å². The Hall–Kier alpha value is -2.17. The van der Waals surface area contributed by atoms with Gasteiger partial charge in [0.1, 0.15) is 17.1 Å². The van der Waals surface area contributed by atoms with Crippen LogP contribution >= 0.6 is 0 Å². The molecule has 4 nitrogen and oxygen atoms in total. The molecule has 1 heterocycles. The van der Waals surface area contributed by atoms with E-state index in [2.05, 4.69) is 5.10 Å². The molecule has 5 heteroatoms. The average molecular weight is 318 g/mol. The van der Waals surface area contributed by atoms with E-state index >= 15 is 0 Å². The van der Waals surface area contributed by atoms with Crippen LogP contribution in [0.4, 0.5) is 4.39 Å². The highest BCUT2D eigenvalue weighted by Gasteiger charge is 2.27. The Labute approximate surface area is 136 Å². The first kappa shape index (κ1) is 17.2. The lowest BCUT2D eigenvalue weighted by Gasteiger charge is -2.16. The zero-order chi connectivity index (χ0) is 17.2. The number of aromatic nitrogens is 2. The number of rotatable bonds is 5. The van der Waals surface area contributed by atoms with Crippen molar-refractivity contribution in [2.24, 2.45) is 5.41 Å². The lowest BCUT2D eigenvalue weighted by atomic mass is 9.89. The van der Waals surface area contributed by atoms with Crippen LogP contribution in [0, 0.1) is 11.2 Å². The molecule has 0 aliphatic rings. The van der Waals surface area contributed by atoms with E-state index in [1.807, 2.05) is 27.7 Å². The van der Waals surface area contributed by atoms with E-state index in [4.69, 9.17) is 0 Å². The van der Waals surface area contributed by atoms with Gasteiger partial charge in [0.2, 0.25) is 0 Å². The molecule has 0 unspecified atom stereocenters. The minimum Gasteiger partial charge on any atom is -0.478 e. The molecule has 2 aromatic rings. The second-order valence-electron chi connectivity index (χ2n) is 6.92. The Morgan fingerprint density at radius 2 is 1.96 bits per heavy atom. The summed E-state index contributed by atoms with van der Waals surface area (Å²) in [5, 5.41) is 14.1. The molecule has 0 amide bonds. The Morgan fingerprint density at radius 3 is 2.48 bits per heavy atom. The van der Waals surface area contributed by atoms with Crippen molar-refractivity contribution in [3.05, 3.63) is 47.0 Å². The van der Waals surface area contributed by atoms with Gasteiger partial charge in [0.25, 0.3) is 0 Å². The Morgan fingerprint density at radius 1 is 1.30 bits per heavy atom. The van der Waals surface area contributed by atoms with Gasteiger partial charge in [-0.2, -0.15) is 5.10 Å². The smallest absolute Gasteiger partial charge is 0.339 e. The fourth-order valence-corrected chi connectivity index (χ4v) is 2.67. The van der Waals surface area contributed by atoms with Gasteiger partial charge in [-0.05, 0) is 30.4 Å². The molecule has 0 saturated heterocycles. The molecule has 1 aromatic carbocycles. The van der Waals surface area contributed by atoms with Gasteiger partial charge in [0, 0.05) is 0 Å². The first-order valence-corrected chi connectivity index (χ1v) is 7.83. The molecule has 0 saturated carbocycles. The Bertz CT molecular complexity index is 714. The lowest BCUT2D eigenvalue weighted by molar-refractivity contribution is 0.0694. The van der Waals surface area contributed by atoms with Gasteiger partial charge >= 0.3 is 5.97 Å². The van der Waals surface area contributed by atoms with Gasteiger partial charge in [-0.25, -0.2) is 13.9 Å². The molecular formula is C18H23FN2O2. The quantitative estimate of drug-likeness (QED) is 0.896. The maximum Gasteiger partial charge on any atom is 0.339 e. The van der Waals surface area contributed by atoms with E-state index < -0.39 is 11.8 Å². The van der Waals surface area contributed by atoms with E-state index in [1.165, 1.54) is 10.7 Å². The predicted molar refractivity (Wildman–Crippen MR) is 87.6 cm³/mol. The molecule has 0 fully saturated rings. The summed E-state index contributed by atoms with van der Waals surface area (Å²) < 4.78 is 15.6. The standard InChI is InChI=1S/C18H23FN2O2/c1-5-8-15-16(17(22)23)13(11-18(2,3)4)20-21(15)14-10-7-6-9-12(14)19/h6-7,9-10H,5,8,11H2,1-4H3,(H,22,23). The Kier molecular flexibility index (Phi) is 4.88. The number of carbonyl (C=O) groups is 1. The zero-order valence-corrected chi connectivity index (χ0v) is 14.1. The summed E-state index contributed by atoms with van der Waals surface area (Å²) in [7, 11) is 0. The first-order chi connectivity index (χ1) is 10.7. The highest BCUT2D eigenvalue weighted by atomic mass is 19.1. The molecule has 2 rings (SSSR count). The van der Waals surface area contributed by atoms with Gasteiger partial charge in [-0.3, -0.25) is 0 Å². The third-order valence-electron chi connectivity index (χ3n) is 3.53. The maximum absolute atomic E-state index is 14.2. The number of hydrogen-bond donors (Lipinski definition) is 1. The van der Waals surface area contributed by atoms with Crippen molar-refractivity contribution in [3.63, 3.8) is 0 Å². The van der Waals surface area contributed by atoms with Gasteiger partial charge in [0.05, 0.1) is 11.4 Å². The summed E-state index contributed by atoms with van der Waals surface area (Å²) in [5.74, 6) is -1.41. The first-order valence-electron chi connectivity index (χ1n) is 7.83. The highest BCUT2D eigenvalue weighted by molar-refractivity contribution is 5.90. The molecular weight excluding hydrogens is 295 g/mol. The third-order valence-corrected chi connectivity index (χ3v) is 3.53. The summed E-state index contributed by atoms with van der Waals surface area (Å²) in [6.45, 7) is 8.05. The van der Waals surface area contributed by atoms with Crippen molar-refractivity contribution in [1.82, 2.24) is 9.78 Å². The van der Waals surface area contributed by atoms with Crippen molar-refractivity contribution in [2.45, 2.75) is 47.0 Å². The number of aromatic carboxylic acids is 1. The predicted octanol–water partition coefficient (Wildman–Crippen LogP) is 4.25. The van der Waals surface area contributed by atoms with E-state index in [1.54, 1.807) is 18.2 Å². The molecule has 23 heavy (non-hydrogen) atoms. The molecule has 1 N–H and O–H groups in total. The molecule has 0 aliphatic heterocycles. The number of carboxylic acid groups (broad SMARTS) is 1. The SMILES string of the molecule is CCCc1c(C(=O)O)c(CC(C)(C)C)nn1-c1ccccc1F. The number of nitrogens with zero attached hydrogens (tertiary/aromatic N) is 2. The number of hydrogen-bond acceptors (Lipinski definition) is 2. The van der Waals surface area contributed by atoms with Crippen molar-refractivity contribution in [1.29, 1.82) is 0 Å². The van der Waals surface area contributed by atoms with Crippen LogP contribution < -0.4 is 0 Å². The number of carboxylic acids is 1. The normalized spacial score (nSPS) is 11.7. The maximum atomic E-state index is 14.2. The minimum atomic E-state index is -1.00. The van der Waals surface area contributed by atoms with Gasteiger partial charge in [0.15, 0.2) is 0 Å². The van der Waals surface area contributed by atoms with Crippen LogP contribution in [0.1, 0.15) is 55.9 Å².